The topological polar surface area (TPSA) is 89.5 Å². The van der Waals surface area contributed by atoms with Gasteiger partial charge in [-0.1, -0.05) is 12.1 Å². The molecule has 1 fully saturated rings. The molecule has 0 radical (unpaired) electrons. The maximum atomic E-state index is 12.2. The number of hydrogen-bond acceptors (Lipinski definition) is 5. The molecule has 6 nitrogen and oxygen atoms in total. The molecular formula is C17H19N3O3. The summed E-state index contributed by atoms with van der Waals surface area (Å²) in [4.78, 5) is 21.9. The normalized spacial score (nSPS) is 17.9. The largest absolute Gasteiger partial charge is 0.504 e. The first-order chi connectivity index (χ1) is 11.1. The van der Waals surface area contributed by atoms with E-state index in [1.54, 1.807) is 12.1 Å². The van der Waals surface area contributed by atoms with Crippen molar-refractivity contribution in [1.82, 2.24) is 14.9 Å². The molecule has 1 saturated carbocycles. The lowest BCUT2D eigenvalue weighted by Crippen LogP contribution is -2.35. The molecule has 0 saturated heterocycles. The van der Waals surface area contributed by atoms with Crippen LogP contribution in [0.1, 0.15) is 41.4 Å². The number of nitrogens with one attached hydrogen (secondary N) is 1. The van der Waals surface area contributed by atoms with Gasteiger partial charge in [-0.3, -0.25) is 9.69 Å². The number of benzene rings is 1. The van der Waals surface area contributed by atoms with E-state index in [0.717, 1.165) is 36.5 Å². The van der Waals surface area contributed by atoms with Gasteiger partial charge in [-0.25, -0.2) is 4.98 Å². The summed E-state index contributed by atoms with van der Waals surface area (Å²) in [5.41, 5.74) is 2.31. The van der Waals surface area contributed by atoms with Crippen molar-refractivity contribution < 1.29 is 10.2 Å². The van der Waals surface area contributed by atoms with E-state index < -0.39 is 0 Å². The van der Waals surface area contributed by atoms with Crippen LogP contribution in [0.3, 0.4) is 0 Å². The lowest BCUT2D eigenvalue weighted by Gasteiger charge is -2.28. The molecular weight excluding hydrogens is 294 g/mol. The summed E-state index contributed by atoms with van der Waals surface area (Å²) in [6.45, 7) is 1.84. The summed E-state index contributed by atoms with van der Waals surface area (Å²) in [5.74, 6) is 1.05. The van der Waals surface area contributed by atoms with Gasteiger partial charge in [0, 0.05) is 36.7 Å². The van der Waals surface area contributed by atoms with Gasteiger partial charge < -0.3 is 15.2 Å². The molecule has 0 spiro atoms. The van der Waals surface area contributed by atoms with E-state index in [-0.39, 0.29) is 17.1 Å². The van der Waals surface area contributed by atoms with Crippen LogP contribution in [-0.2, 0) is 19.5 Å². The van der Waals surface area contributed by atoms with E-state index >= 15 is 0 Å². The van der Waals surface area contributed by atoms with Crippen molar-refractivity contribution >= 4 is 0 Å². The molecule has 6 heteroatoms. The van der Waals surface area contributed by atoms with Crippen LogP contribution in [0.5, 0.6) is 11.5 Å². The lowest BCUT2D eigenvalue weighted by atomic mass is 10.0. The number of fused-ring (bicyclic) bond motifs is 1. The van der Waals surface area contributed by atoms with Crippen molar-refractivity contribution in [2.24, 2.45) is 0 Å². The standard InChI is InChI=1S/C17H19N3O3/c21-14-3-1-2-11(15(14)22)8-20-7-6-12-13(9-20)18-16(10-4-5-10)19-17(12)23/h1-3,10,21-22H,4-9H2,(H,18,19,23). The Bertz CT molecular complexity index is 811. The number of aromatic hydroxyl groups is 2. The highest BCUT2D eigenvalue weighted by atomic mass is 16.3. The molecule has 0 bridgehead atoms. The second kappa shape index (κ2) is 5.38. The molecule has 2 aromatic rings. The Labute approximate surface area is 133 Å². The van der Waals surface area contributed by atoms with E-state index in [0.29, 0.717) is 31.0 Å². The highest BCUT2D eigenvalue weighted by Gasteiger charge is 2.29. The fourth-order valence-corrected chi connectivity index (χ4v) is 3.14. The monoisotopic (exact) mass is 313 g/mol. The minimum Gasteiger partial charge on any atom is -0.504 e. The van der Waals surface area contributed by atoms with Crippen molar-refractivity contribution in [1.29, 1.82) is 0 Å². The van der Waals surface area contributed by atoms with Crippen LogP contribution in [0.25, 0.3) is 0 Å². The SMILES string of the molecule is O=c1[nH]c(C2CC2)nc2c1CCN(Cc1cccc(O)c1O)C2. The third kappa shape index (κ3) is 2.70. The average Bonchev–Trinajstić information content (AvgIpc) is 3.36. The van der Waals surface area contributed by atoms with Gasteiger partial charge in [0.25, 0.3) is 5.56 Å². The summed E-state index contributed by atoms with van der Waals surface area (Å²) in [5, 5.41) is 19.5. The number of H-pyrrole nitrogens is 1. The molecule has 23 heavy (non-hydrogen) atoms. The quantitative estimate of drug-likeness (QED) is 0.749. The van der Waals surface area contributed by atoms with Crippen LogP contribution in [0.4, 0.5) is 0 Å². The second-order valence-corrected chi connectivity index (χ2v) is 6.40. The Hall–Kier alpha value is -2.34. The molecule has 2 aliphatic rings. The summed E-state index contributed by atoms with van der Waals surface area (Å²) < 4.78 is 0. The number of phenols is 2. The molecule has 1 aliphatic carbocycles. The molecule has 2 heterocycles. The van der Waals surface area contributed by atoms with Crippen LogP contribution in [0.2, 0.25) is 0 Å². The van der Waals surface area contributed by atoms with Gasteiger partial charge in [0.1, 0.15) is 5.82 Å². The zero-order valence-corrected chi connectivity index (χ0v) is 12.7. The summed E-state index contributed by atoms with van der Waals surface area (Å²) in [6, 6.07) is 4.98. The van der Waals surface area contributed by atoms with E-state index in [1.165, 1.54) is 6.07 Å². The number of aromatic amines is 1. The van der Waals surface area contributed by atoms with Gasteiger partial charge >= 0.3 is 0 Å². The molecule has 0 amide bonds. The third-order valence-electron chi connectivity index (χ3n) is 4.63. The van der Waals surface area contributed by atoms with E-state index in [2.05, 4.69) is 14.9 Å². The molecule has 120 valence electrons. The van der Waals surface area contributed by atoms with Crippen molar-refractivity contribution in [2.75, 3.05) is 6.54 Å². The number of aromatic nitrogens is 2. The smallest absolute Gasteiger partial charge is 0.254 e. The molecule has 1 aliphatic heterocycles. The average molecular weight is 313 g/mol. The number of para-hydroxylation sites is 1. The fraction of sp³-hybridized carbons (Fsp3) is 0.412. The zero-order chi connectivity index (χ0) is 16.0. The maximum Gasteiger partial charge on any atom is 0.254 e. The number of hydrogen-bond donors (Lipinski definition) is 3. The number of phenolic OH excluding ortho intramolecular Hbond substituents is 2. The van der Waals surface area contributed by atoms with Gasteiger partial charge in [-0.05, 0) is 25.3 Å². The molecule has 3 N–H and O–H groups in total. The Balaban J connectivity index is 1.58. The first-order valence-electron chi connectivity index (χ1n) is 7.96. The van der Waals surface area contributed by atoms with Crippen LogP contribution in [0, 0.1) is 0 Å². The minimum atomic E-state index is -0.106. The first kappa shape index (κ1) is 14.3. The zero-order valence-electron chi connectivity index (χ0n) is 12.7. The Morgan fingerprint density at radius 3 is 2.91 bits per heavy atom. The summed E-state index contributed by atoms with van der Waals surface area (Å²) >= 11 is 0. The van der Waals surface area contributed by atoms with E-state index in [4.69, 9.17) is 0 Å². The lowest BCUT2D eigenvalue weighted by molar-refractivity contribution is 0.236. The highest BCUT2D eigenvalue weighted by Crippen LogP contribution is 2.38. The van der Waals surface area contributed by atoms with E-state index in [9.17, 15) is 15.0 Å². The Kier molecular flexibility index (Phi) is 3.34. The molecule has 0 unspecified atom stereocenters. The van der Waals surface area contributed by atoms with Gasteiger partial charge in [-0.15, -0.1) is 0 Å². The molecule has 1 aromatic carbocycles. The Morgan fingerprint density at radius 1 is 1.30 bits per heavy atom. The fourth-order valence-electron chi connectivity index (χ4n) is 3.14. The van der Waals surface area contributed by atoms with Crippen molar-refractivity contribution in [2.45, 2.75) is 38.3 Å². The van der Waals surface area contributed by atoms with Gasteiger partial charge in [0.15, 0.2) is 11.5 Å². The molecule has 0 atom stereocenters. The first-order valence-corrected chi connectivity index (χ1v) is 7.96. The number of rotatable bonds is 3. The van der Waals surface area contributed by atoms with Crippen molar-refractivity contribution in [3.63, 3.8) is 0 Å². The van der Waals surface area contributed by atoms with Gasteiger partial charge in [0.2, 0.25) is 0 Å². The summed E-state index contributed by atoms with van der Waals surface area (Å²) in [6.07, 6.45) is 2.85. The number of nitrogens with zero attached hydrogens (tertiary/aromatic N) is 2. The third-order valence-corrected chi connectivity index (χ3v) is 4.63. The van der Waals surface area contributed by atoms with Crippen molar-refractivity contribution in [3.05, 3.63) is 51.2 Å². The van der Waals surface area contributed by atoms with Crippen LogP contribution in [0.15, 0.2) is 23.0 Å². The Morgan fingerprint density at radius 2 is 2.13 bits per heavy atom. The second-order valence-electron chi connectivity index (χ2n) is 6.40. The predicted molar refractivity (Wildman–Crippen MR) is 84.4 cm³/mol. The van der Waals surface area contributed by atoms with Gasteiger partial charge in [0.05, 0.1) is 5.69 Å². The summed E-state index contributed by atoms with van der Waals surface area (Å²) in [7, 11) is 0. The minimum absolute atomic E-state index is 0.00301. The van der Waals surface area contributed by atoms with Crippen molar-refractivity contribution in [3.8, 4) is 11.5 Å². The highest BCUT2D eigenvalue weighted by molar-refractivity contribution is 5.44. The van der Waals surface area contributed by atoms with Crippen LogP contribution >= 0.6 is 0 Å². The molecule has 4 rings (SSSR count). The van der Waals surface area contributed by atoms with Crippen LogP contribution < -0.4 is 5.56 Å². The van der Waals surface area contributed by atoms with Crippen LogP contribution in [-0.4, -0.2) is 31.6 Å². The predicted octanol–water partition coefficient (Wildman–Crippen LogP) is 1.62. The van der Waals surface area contributed by atoms with E-state index in [1.807, 2.05) is 0 Å². The van der Waals surface area contributed by atoms with Gasteiger partial charge in [-0.2, -0.15) is 0 Å². The maximum absolute atomic E-state index is 12.2. The molecule has 1 aromatic heterocycles.